The number of amides is 2. The first-order valence-corrected chi connectivity index (χ1v) is 8.10. The van der Waals surface area contributed by atoms with Gasteiger partial charge in [0.15, 0.2) is 0 Å². The number of piperidine rings is 1. The van der Waals surface area contributed by atoms with E-state index in [2.05, 4.69) is 10.3 Å². The number of aliphatic hydroxyl groups is 1. The van der Waals surface area contributed by atoms with Gasteiger partial charge in [-0.2, -0.15) is 0 Å². The van der Waals surface area contributed by atoms with E-state index in [9.17, 15) is 14.7 Å². The van der Waals surface area contributed by atoms with Gasteiger partial charge in [-0.15, -0.1) is 0 Å². The van der Waals surface area contributed by atoms with Gasteiger partial charge >= 0.3 is 0 Å². The van der Waals surface area contributed by atoms with Gasteiger partial charge in [-0.25, -0.2) is 0 Å². The molecule has 0 aromatic carbocycles. The average molecular weight is 319 g/mol. The molecule has 23 heavy (non-hydrogen) atoms. The largest absolute Gasteiger partial charge is 0.396 e. The number of hydrogen-bond donors (Lipinski definition) is 2. The highest BCUT2D eigenvalue weighted by Gasteiger charge is 2.32. The van der Waals surface area contributed by atoms with E-state index in [4.69, 9.17) is 0 Å². The normalized spacial score (nSPS) is 21.3. The maximum atomic E-state index is 12.3. The van der Waals surface area contributed by atoms with E-state index in [0.29, 0.717) is 37.4 Å². The van der Waals surface area contributed by atoms with E-state index in [1.165, 1.54) is 6.20 Å². The van der Waals surface area contributed by atoms with Gasteiger partial charge in [0, 0.05) is 44.4 Å². The smallest absolute Gasteiger partial charge is 0.253 e. The molecule has 1 aromatic rings. The molecule has 1 aromatic heterocycles. The number of hydrogen-bond acceptors (Lipinski definition) is 4. The lowest BCUT2D eigenvalue weighted by Crippen LogP contribution is -2.55. The second kappa shape index (κ2) is 8.06. The fraction of sp³-hybridized carbons (Fsp3) is 0.588. The first-order valence-electron chi connectivity index (χ1n) is 8.10. The van der Waals surface area contributed by atoms with Crippen molar-refractivity contribution >= 4 is 11.8 Å². The van der Waals surface area contributed by atoms with E-state index >= 15 is 0 Å². The molecule has 1 fully saturated rings. The minimum absolute atomic E-state index is 0.00416. The Kier molecular flexibility index (Phi) is 6.10. The van der Waals surface area contributed by atoms with Crippen LogP contribution in [0.2, 0.25) is 0 Å². The summed E-state index contributed by atoms with van der Waals surface area (Å²) < 4.78 is 0. The van der Waals surface area contributed by atoms with E-state index in [-0.39, 0.29) is 30.4 Å². The van der Waals surface area contributed by atoms with Crippen LogP contribution in [0.1, 0.15) is 37.0 Å². The third-order valence-electron chi connectivity index (χ3n) is 4.17. The van der Waals surface area contributed by atoms with Crippen LogP contribution < -0.4 is 5.32 Å². The molecular formula is C17H25N3O3. The van der Waals surface area contributed by atoms with Crippen molar-refractivity contribution in [1.29, 1.82) is 0 Å². The summed E-state index contributed by atoms with van der Waals surface area (Å²) in [6.07, 6.45) is 4.32. The predicted molar refractivity (Wildman–Crippen MR) is 86.7 cm³/mol. The molecule has 2 rings (SSSR count). The Balaban J connectivity index is 2.01. The number of carbonyl (C=O) groups excluding carboxylic acids is 2. The van der Waals surface area contributed by atoms with Crippen molar-refractivity contribution in [2.24, 2.45) is 11.8 Å². The first kappa shape index (κ1) is 17.4. The molecule has 2 atom stereocenters. The molecule has 2 N–H and O–H groups in total. The van der Waals surface area contributed by atoms with Crippen molar-refractivity contribution in [3.05, 3.63) is 30.1 Å². The Morgan fingerprint density at radius 3 is 2.87 bits per heavy atom. The van der Waals surface area contributed by atoms with Crippen LogP contribution in [0, 0.1) is 11.8 Å². The van der Waals surface area contributed by atoms with Crippen LogP contribution in [-0.4, -0.2) is 52.5 Å². The number of pyridine rings is 1. The van der Waals surface area contributed by atoms with Crippen LogP contribution in [0.25, 0.3) is 0 Å². The number of carbonyl (C=O) groups is 2. The molecule has 0 unspecified atom stereocenters. The maximum absolute atomic E-state index is 12.3. The van der Waals surface area contributed by atoms with E-state index in [0.717, 1.165) is 0 Å². The van der Waals surface area contributed by atoms with E-state index in [1.54, 1.807) is 23.2 Å². The monoisotopic (exact) mass is 319 g/mol. The highest BCUT2D eigenvalue weighted by Crippen LogP contribution is 2.19. The third-order valence-corrected chi connectivity index (χ3v) is 4.17. The number of nitrogens with one attached hydrogen (secondary N) is 1. The van der Waals surface area contributed by atoms with Crippen LogP contribution in [0.5, 0.6) is 0 Å². The van der Waals surface area contributed by atoms with Crippen molar-refractivity contribution in [3.63, 3.8) is 0 Å². The summed E-state index contributed by atoms with van der Waals surface area (Å²) in [7, 11) is 0. The van der Waals surface area contributed by atoms with Crippen LogP contribution in [-0.2, 0) is 4.79 Å². The van der Waals surface area contributed by atoms with Gasteiger partial charge in [0.25, 0.3) is 5.91 Å². The molecule has 6 nitrogen and oxygen atoms in total. The van der Waals surface area contributed by atoms with Gasteiger partial charge in [0.1, 0.15) is 0 Å². The zero-order valence-corrected chi connectivity index (χ0v) is 13.7. The molecule has 0 radical (unpaired) electrons. The summed E-state index contributed by atoms with van der Waals surface area (Å²) in [5.41, 5.74) is 0.481. The summed E-state index contributed by atoms with van der Waals surface area (Å²) in [6, 6.07) is 3.16. The number of aromatic nitrogens is 1. The molecule has 6 heteroatoms. The molecule has 0 bridgehead atoms. The Bertz CT molecular complexity index is 533. The molecular weight excluding hydrogens is 294 g/mol. The molecule has 0 spiro atoms. The van der Waals surface area contributed by atoms with Crippen molar-refractivity contribution in [2.45, 2.75) is 32.7 Å². The Hall–Kier alpha value is -1.95. The lowest BCUT2D eigenvalue weighted by molar-refractivity contribution is -0.134. The summed E-state index contributed by atoms with van der Waals surface area (Å²) in [6.45, 7) is 5.11. The molecule has 0 saturated carbocycles. The van der Waals surface area contributed by atoms with Gasteiger partial charge in [-0.1, -0.05) is 13.8 Å². The summed E-state index contributed by atoms with van der Waals surface area (Å²) >= 11 is 0. The van der Waals surface area contributed by atoms with Crippen LogP contribution in [0.15, 0.2) is 24.5 Å². The van der Waals surface area contributed by atoms with Crippen molar-refractivity contribution in [1.82, 2.24) is 15.2 Å². The van der Waals surface area contributed by atoms with Crippen molar-refractivity contribution in [2.75, 3.05) is 19.7 Å². The standard InChI is InChI=1S/C17H25N3O3/c1-12(2)8-16(22)20-7-5-14(11-21)15(10-20)19-17(23)13-4-3-6-18-9-13/h3-4,6,9,12,14-15,21H,5,7-8,10-11H2,1-2H3,(H,19,23)/t14-,15-/m1/s1. The predicted octanol–water partition coefficient (Wildman–Crippen LogP) is 1.07. The highest BCUT2D eigenvalue weighted by molar-refractivity contribution is 5.94. The SMILES string of the molecule is CC(C)CC(=O)N1CC[C@H](CO)[C@H](NC(=O)c2cccnc2)C1. The molecule has 0 aliphatic carbocycles. The number of aliphatic hydroxyl groups excluding tert-OH is 1. The number of likely N-dealkylation sites (tertiary alicyclic amines) is 1. The second-order valence-corrected chi connectivity index (χ2v) is 6.49. The molecule has 1 saturated heterocycles. The Morgan fingerprint density at radius 2 is 2.26 bits per heavy atom. The van der Waals surface area contributed by atoms with Gasteiger partial charge in [0.2, 0.25) is 5.91 Å². The number of nitrogens with zero attached hydrogens (tertiary/aromatic N) is 2. The van der Waals surface area contributed by atoms with Crippen molar-refractivity contribution in [3.8, 4) is 0 Å². The lowest BCUT2D eigenvalue weighted by Gasteiger charge is -2.38. The molecule has 126 valence electrons. The summed E-state index contributed by atoms with van der Waals surface area (Å²) in [5, 5.41) is 12.5. The van der Waals surface area contributed by atoms with E-state index < -0.39 is 0 Å². The zero-order chi connectivity index (χ0) is 16.8. The minimum Gasteiger partial charge on any atom is -0.396 e. The van der Waals surface area contributed by atoms with Crippen molar-refractivity contribution < 1.29 is 14.7 Å². The summed E-state index contributed by atoms with van der Waals surface area (Å²) in [5.74, 6) is 0.164. The van der Waals surface area contributed by atoms with Crippen LogP contribution in [0.4, 0.5) is 0 Å². The topological polar surface area (TPSA) is 82.5 Å². The maximum Gasteiger partial charge on any atom is 0.253 e. The third kappa shape index (κ3) is 4.76. The highest BCUT2D eigenvalue weighted by atomic mass is 16.3. The van der Waals surface area contributed by atoms with E-state index in [1.807, 2.05) is 13.8 Å². The second-order valence-electron chi connectivity index (χ2n) is 6.49. The quantitative estimate of drug-likeness (QED) is 0.850. The average Bonchev–Trinajstić information content (AvgIpc) is 2.55. The number of rotatable bonds is 5. The summed E-state index contributed by atoms with van der Waals surface area (Å²) in [4.78, 5) is 30.3. The molecule has 1 aliphatic heterocycles. The lowest BCUT2D eigenvalue weighted by atomic mass is 9.91. The molecule has 1 aliphatic rings. The van der Waals surface area contributed by atoms with Crippen LogP contribution >= 0.6 is 0 Å². The van der Waals surface area contributed by atoms with Gasteiger partial charge in [-0.05, 0) is 24.5 Å². The fourth-order valence-electron chi connectivity index (χ4n) is 2.84. The van der Waals surface area contributed by atoms with Crippen LogP contribution in [0.3, 0.4) is 0 Å². The zero-order valence-electron chi connectivity index (χ0n) is 13.7. The molecule has 2 amide bonds. The van der Waals surface area contributed by atoms with Gasteiger partial charge in [0.05, 0.1) is 11.6 Å². The molecule has 2 heterocycles. The van der Waals surface area contributed by atoms with Gasteiger partial charge in [-0.3, -0.25) is 14.6 Å². The Morgan fingerprint density at radius 1 is 1.48 bits per heavy atom. The minimum atomic E-state index is -0.238. The Labute approximate surface area is 136 Å². The van der Waals surface area contributed by atoms with Gasteiger partial charge < -0.3 is 15.3 Å². The fourth-order valence-corrected chi connectivity index (χ4v) is 2.84. The first-order chi connectivity index (χ1) is 11.0.